The predicted octanol–water partition coefficient (Wildman–Crippen LogP) is -2.61. The number of hydrogen-bond donors (Lipinski definition) is 7. The van der Waals surface area contributed by atoms with Crippen molar-refractivity contribution >= 4 is 29.7 Å². The van der Waals surface area contributed by atoms with Gasteiger partial charge in [-0.05, 0) is 19.3 Å². The number of carboxylic acid groups (broad SMARTS) is 2. The van der Waals surface area contributed by atoms with Gasteiger partial charge in [0.05, 0.1) is 18.6 Å². The van der Waals surface area contributed by atoms with Gasteiger partial charge in [0.15, 0.2) is 0 Å². The Hall–Kier alpha value is -2.73. The van der Waals surface area contributed by atoms with E-state index in [9.17, 15) is 29.1 Å². The summed E-state index contributed by atoms with van der Waals surface area (Å²) in [6.07, 6.45) is -1.87. The van der Waals surface area contributed by atoms with Crippen LogP contribution in [0, 0.1) is 5.92 Å². The molecule has 0 aliphatic heterocycles. The van der Waals surface area contributed by atoms with E-state index in [0.29, 0.717) is 6.42 Å². The molecule has 0 aromatic rings. The number of hydrogen-bond acceptors (Lipinski definition) is 7. The van der Waals surface area contributed by atoms with E-state index in [1.54, 1.807) is 0 Å². The molecule has 4 atom stereocenters. The third-order valence-corrected chi connectivity index (χ3v) is 3.55. The second-order valence-electron chi connectivity index (χ2n) is 6.73. The highest BCUT2D eigenvalue weighted by Crippen LogP contribution is 2.04. The molecule has 160 valence electrons. The number of carbonyl (C=O) groups is 5. The molecule has 8 N–H and O–H groups in total. The molecule has 0 rings (SSSR count). The van der Waals surface area contributed by atoms with Gasteiger partial charge in [-0.1, -0.05) is 13.8 Å². The van der Waals surface area contributed by atoms with Crippen LogP contribution >= 0.6 is 0 Å². The SMILES string of the molecule is CC(C)CC(N)C(=O)NC(C(=O)NC(CC(=O)O)C(=O)NCC(=O)O)C(C)O. The predicted molar refractivity (Wildman–Crippen MR) is 95.9 cm³/mol. The molecule has 0 aliphatic carbocycles. The molecule has 0 saturated carbocycles. The van der Waals surface area contributed by atoms with E-state index in [1.165, 1.54) is 6.92 Å². The summed E-state index contributed by atoms with van der Waals surface area (Å²) in [5.74, 6) is -5.42. The number of nitrogens with two attached hydrogens (primary N) is 1. The second-order valence-corrected chi connectivity index (χ2v) is 6.73. The Morgan fingerprint density at radius 3 is 1.89 bits per heavy atom. The van der Waals surface area contributed by atoms with Crippen LogP contribution in [0.5, 0.6) is 0 Å². The van der Waals surface area contributed by atoms with Crippen molar-refractivity contribution in [1.29, 1.82) is 0 Å². The Bertz CT molecular complexity index is 593. The van der Waals surface area contributed by atoms with Gasteiger partial charge in [0, 0.05) is 0 Å². The van der Waals surface area contributed by atoms with Crippen molar-refractivity contribution in [2.75, 3.05) is 6.54 Å². The van der Waals surface area contributed by atoms with E-state index in [0.717, 1.165) is 0 Å². The zero-order valence-corrected chi connectivity index (χ0v) is 16.0. The molecule has 12 nitrogen and oxygen atoms in total. The fraction of sp³-hybridized carbons (Fsp3) is 0.688. The minimum absolute atomic E-state index is 0.109. The van der Waals surface area contributed by atoms with Crippen molar-refractivity contribution in [1.82, 2.24) is 16.0 Å². The van der Waals surface area contributed by atoms with Gasteiger partial charge in [0.25, 0.3) is 0 Å². The minimum Gasteiger partial charge on any atom is -0.481 e. The van der Waals surface area contributed by atoms with E-state index < -0.39 is 66.9 Å². The molecule has 0 aromatic heterocycles. The topological polar surface area (TPSA) is 208 Å². The average Bonchev–Trinajstić information content (AvgIpc) is 2.54. The molecule has 0 fully saturated rings. The van der Waals surface area contributed by atoms with Crippen molar-refractivity contribution in [3.05, 3.63) is 0 Å². The van der Waals surface area contributed by atoms with Crippen molar-refractivity contribution in [2.45, 2.75) is 57.8 Å². The maximum absolute atomic E-state index is 12.4. The van der Waals surface area contributed by atoms with Crippen molar-refractivity contribution in [3.8, 4) is 0 Å². The smallest absolute Gasteiger partial charge is 0.322 e. The zero-order valence-electron chi connectivity index (χ0n) is 16.0. The van der Waals surface area contributed by atoms with Gasteiger partial charge < -0.3 is 37.0 Å². The molecule has 0 saturated heterocycles. The third-order valence-electron chi connectivity index (χ3n) is 3.55. The highest BCUT2D eigenvalue weighted by Gasteiger charge is 2.32. The number of aliphatic carboxylic acids is 2. The standard InChI is InChI=1S/C16H28N4O8/c1-7(2)4-9(17)14(26)20-13(8(3)21)16(28)19-10(5-11(22)23)15(27)18-6-12(24)25/h7-10,13,21H,4-6,17H2,1-3H3,(H,18,27)(H,19,28)(H,20,26)(H,22,23)(H,24,25). The Balaban J connectivity index is 5.18. The van der Waals surface area contributed by atoms with E-state index in [4.69, 9.17) is 15.9 Å². The third kappa shape index (κ3) is 9.83. The molecule has 0 spiro atoms. The lowest BCUT2D eigenvalue weighted by atomic mass is 10.0. The lowest BCUT2D eigenvalue weighted by Crippen LogP contribution is -2.59. The Labute approximate surface area is 161 Å². The van der Waals surface area contributed by atoms with Crippen LogP contribution < -0.4 is 21.7 Å². The summed E-state index contributed by atoms with van der Waals surface area (Å²) in [6.45, 7) is 4.14. The van der Waals surface area contributed by atoms with Crippen LogP contribution in [-0.2, 0) is 24.0 Å². The summed E-state index contributed by atoms with van der Waals surface area (Å²) >= 11 is 0. The van der Waals surface area contributed by atoms with Gasteiger partial charge >= 0.3 is 11.9 Å². The largest absolute Gasteiger partial charge is 0.481 e. The maximum atomic E-state index is 12.4. The Kier molecular flexibility index (Phi) is 10.7. The van der Waals surface area contributed by atoms with Gasteiger partial charge in [-0.25, -0.2) is 0 Å². The van der Waals surface area contributed by atoms with Gasteiger partial charge in [-0.15, -0.1) is 0 Å². The summed E-state index contributed by atoms with van der Waals surface area (Å²) in [4.78, 5) is 57.9. The average molecular weight is 404 g/mol. The Morgan fingerprint density at radius 1 is 0.893 bits per heavy atom. The summed E-state index contributed by atoms with van der Waals surface area (Å²) < 4.78 is 0. The van der Waals surface area contributed by atoms with E-state index in [-0.39, 0.29) is 5.92 Å². The highest BCUT2D eigenvalue weighted by molar-refractivity contribution is 5.95. The van der Waals surface area contributed by atoms with Crippen molar-refractivity contribution < 1.29 is 39.3 Å². The van der Waals surface area contributed by atoms with Crippen LogP contribution in [-0.4, -0.2) is 75.8 Å². The molecular weight excluding hydrogens is 376 g/mol. The summed E-state index contributed by atoms with van der Waals surface area (Å²) in [5, 5.41) is 33.6. The van der Waals surface area contributed by atoms with Crippen LogP contribution in [0.3, 0.4) is 0 Å². The first-order valence-corrected chi connectivity index (χ1v) is 8.60. The molecule has 0 aromatic carbocycles. The molecule has 28 heavy (non-hydrogen) atoms. The maximum Gasteiger partial charge on any atom is 0.322 e. The number of rotatable bonds is 12. The number of carbonyl (C=O) groups excluding carboxylic acids is 3. The van der Waals surface area contributed by atoms with Crippen LogP contribution in [0.2, 0.25) is 0 Å². The lowest BCUT2D eigenvalue weighted by Gasteiger charge is -2.25. The minimum atomic E-state index is -1.60. The monoisotopic (exact) mass is 404 g/mol. The molecule has 0 radical (unpaired) electrons. The zero-order chi connectivity index (χ0) is 22.0. The summed E-state index contributed by atoms with van der Waals surface area (Å²) in [7, 11) is 0. The molecule has 0 aliphatic rings. The first-order chi connectivity index (χ1) is 12.8. The molecular formula is C16H28N4O8. The van der Waals surface area contributed by atoms with Crippen LogP contribution in [0.25, 0.3) is 0 Å². The van der Waals surface area contributed by atoms with Crippen LogP contribution in [0.4, 0.5) is 0 Å². The molecule has 3 amide bonds. The van der Waals surface area contributed by atoms with Gasteiger partial charge in [-0.2, -0.15) is 0 Å². The number of carboxylic acids is 2. The number of nitrogens with one attached hydrogen (secondary N) is 3. The van der Waals surface area contributed by atoms with Crippen molar-refractivity contribution in [3.63, 3.8) is 0 Å². The molecule has 4 unspecified atom stereocenters. The first kappa shape index (κ1) is 25.3. The summed E-state index contributed by atoms with van der Waals surface area (Å²) in [6, 6.07) is -4.02. The molecule has 0 heterocycles. The summed E-state index contributed by atoms with van der Waals surface area (Å²) in [5.41, 5.74) is 5.73. The second kappa shape index (κ2) is 11.9. The van der Waals surface area contributed by atoms with E-state index in [2.05, 4.69) is 10.6 Å². The van der Waals surface area contributed by atoms with Gasteiger partial charge in [0.2, 0.25) is 17.7 Å². The van der Waals surface area contributed by atoms with E-state index in [1.807, 2.05) is 19.2 Å². The van der Waals surface area contributed by atoms with Gasteiger partial charge in [0.1, 0.15) is 18.6 Å². The lowest BCUT2D eigenvalue weighted by molar-refractivity contribution is -0.142. The first-order valence-electron chi connectivity index (χ1n) is 8.60. The number of aliphatic hydroxyl groups excluding tert-OH is 1. The fourth-order valence-corrected chi connectivity index (χ4v) is 2.21. The van der Waals surface area contributed by atoms with Gasteiger partial charge in [-0.3, -0.25) is 24.0 Å². The van der Waals surface area contributed by atoms with Crippen LogP contribution in [0.15, 0.2) is 0 Å². The Morgan fingerprint density at radius 2 is 1.46 bits per heavy atom. The quantitative estimate of drug-likeness (QED) is 0.181. The molecule has 0 bridgehead atoms. The number of aliphatic hydroxyl groups is 1. The van der Waals surface area contributed by atoms with E-state index >= 15 is 0 Å². The fourth-order valence-electron chi connectivity index (χ4n) is 2.21. The molecule has 12 heteroatoms. The highest BCUT2D eigenvalue weighted by atomic mass is 16.4. The van der Waals surface area contributed by atoms with Crippen LogP contribution in [0.1, 0.15) is 33.6 Å². The van der Waals surface area contributed by atoms with Crippen molar-refractivity contribution in [2.24, 2.45) is 11.7 Å². The number of amides is 3. The normalized spacial score (nSPS) is 15.1.